The molecule has 0 aliphatic rings. The zero-order chi connectivity index (χ0) is 31.2. The van der Waals surface area contributed by atoms with Crippen LogP contribution in [-0.2, 0) is 0 Å². The third-order valence-corrected chi connectivity index (χ3v) is 8.75. The number of rotatable bonds is 5. The van der Waals surface area contributed by atoms with E-state index in [9.17, 15) is 0 Å². The van der Waals surface area contributed by atoms with Gasteiger partial charge in [-0.2, -0.15) is 0 Å². The topological polar surface area (TPSA) is 51.8 Å². The fraction of sp³-hybridized carbons (Fsp3) is 0. The molecule has 7 aromatic carbocycles. The van der Waals surface area contributed by atoms with Crippen LogP contribution in [0.15, 0.2) is 168 Å². The summed E-state index contributed by atoms with van der Waals surface area (Å²) in [5.74, 6) is 1.83. The zero-order valence-corrected chi connectivity index (χ0v) is 25.3. The normalized spacial score (nSPS) is 11.4. The van der Waals surface area contributed by atoms with E-state index in [4.69, 9.17) is 19.4 Å². The van der Waals surface area contributed by atoms with Gasteiger partial charge >= 0.3 is 0 Å². The maximum Gasteiger partial charge on any atom is 0.165 e. The first-order valence-corrected chi connectivity index (χ1v) is 15.7. The van der Waals surface area contributed by atoms with E-state index < -0.39 is 0 Å². The van der Waals surface area contributed by atoms with Crippen molar-refractivity contribution < 1.29 is 4.42 Å². The SMILES string of the molecule is c1ccc(-c2ccc(-c3nc(-c4ccc5ccccc5c4)nc(-c4c(-c5ccccc5)ccc5oc6ccccc6c45)n3)cc2)cc1. The molecule has 0 fully saturated rings. The van der Waals surface area contributed by atoms with Gasteiger partial charge in [0, 0.05) is 27.5 Å². The van der Waals surface area contributed by atoms with Crippen LogP contribution in [0.4, 0.5) is 0 Å². The smallest absolute Gasteiger partial charge is 0.165 e. The molecule has 0 radical (unpaired) electrons. The van der Waals surface area contributed by atoms with Crippen LogP contribution >= 0.6 is 0 Å². The van der Waals surface area contributed by atoms with Gasteiger partial charge in [0.2, 0.25) is 0 Å². The number of furan rings is 1. The Labute approximate surface area is 271 Å². The summed E-state index contributed by atoms with van der Waals surface area (Å²) in [5, 5.41) is 4.32. The molecule has 4 heteroatoms. The second-order valence-electron chi connectivity index (χ2n) is 11.6. The number of para-hydroxylation sites is 1. The molecule has 0 aliphatic heterocycles. The number of benzene rings is 7. The molecule has 47 heavy (non-hydrogen) atoms. The van der Waals surface area contributed by atoms with E-state index in [2.05, 4.69) is 133 Å². The van der Waals surface area contributed by atoms with Gasteiger partial charge < -0.3 is 4.42 Å². The number of nitrogens with zero attached hydrogens (tertiary/aromatic N) is 3. The molecule has 9 rings (SSSR count). The third kappa shape index (κ3) is 4.84. The highest BCUT2D eigenvalue weighted by molar-refractivity contribution is 6.15. The highest BCUT2D eigenvalue weighted by Crippen LogP contribution is 2.42. The summed E-state index contributed by atoms with van der Waals surface area (Å²) in [4.78, 5) is 15.5. The summed E-state index contributed by atoms with van der Waals surface area (Å²) in [6, 6.07) is 56.3. The molecule has 0 saturated carbocycles. The average molecular weight is 602 g/mol. The number of aromatic nitrogens is 3. The van der Waals surface area contributed by atoms with Gasteiger partial charge in [0.05, 0.1) is 0 Å². The van der Waals surface area contributed by atoms with E-state index in [0.717, 1.165) is 60.7 Å². The van der Waals surface area contributed by atoms with Gasteiger partial charge in [-0.05, 0) is 57.3 Å². The molecule has 9 aromatic rings. The lowest BCUT2D eigenvalue weighted by atomic mass is 9.94. The summed E-state index contributed by atoms with van der Waals surface area (Å²) >= 11 is 0. The molecule has 0 unspecified atom stereocenters. The van der Waals surface area contributed by atoms with Crippen LogP contribution in [0.25, 0.3) is 89.1 Å². The highest BCUT2D eigenvalue weighted by Gasteiger charge is 2.22. The molecule has 0 aliphatic carbocycles. The second kappa shape index (κ2) is 11.2. The van der Waals surface area contributed by atoms with Crippen molar-refractivity contribution in [1.82, 2.24) is 15.0 Å². The van der Waals surface area contributed by atoms with Gasteiger partial charge in [0.1, 0.15) is 11.2 Å². The van der Waals surface area contributed by atoms with Gasteiger partial charge in [-0.3, -0.25) is 0 Å². The Morgan fingerprint density at radius 2 is 0.936 bits per heavy atom. The minimum absolute atomic E-state index is 0.598. The van der Waals surface area contributed by atoms with E-state index in [-0.39, 0.29) is 0 Å². The predicted octanol–water partition coefficient (Wildman–Crippen LogP) is 11.3. The molecule has 0 saturated heterocycles. The third-order valence-electron chi connectivity index (χ3n) is 8.75. The molecule has 2 aromatic heterocycles. The van der Waals surface area contributed by atoms with Crippen LogP contribution in [-0.4, -0.2) is 15.0 Å². The van der Waals surface area contributed by atoms with Crippen molar-refractivity contribution in [3.8, 4) is 56.4 Å². The van der Waals surface area contributed by atoms with Crippen LogP contribution in [0.1, 0.15) is 0 Å². The van der Waals surface area contributed by atoms with Gasteiger partial charge in [-0.25, -0.2) is 15.0 Å². The summed E-state index contributed by atoms with van der Waals surface area (Å²) in [6.45, 7) is 0. The van der Waals surface area contributed by atoms with Gasteiger partial charge in [0.25, 0.3) is 0 Å². The summed E-state index contributed by atoms with van der Waals surface area (Å²) in [7, 11) is 0. The number of fused-ring (bicyclic) bond motifs is 4. The molecular formula is C43H27N3O. The van der Waals surface area contributed by atoms with E-state index in [1.807, 2.05) is 30.3 Å². The first-order chi connectivity index (χ1) is 23.3. The van der Waals surface area contributed by atoms with Crippen molar-refractivity contribution in [2.24, 2.45) is 0 Å². The first-order valence-electron chi connectivity index (χ1n) is 15.7. The fourth-order valence-corrected chi connectivity index (χ4v) is 6.42. The molecule has 220 valence electrons. The molecule has 0 N–H and O–H groups in total. The summed E-state index contributed by atoms with van der Waals surface area (Å²) in [5.41, 5.74) is 8.81. The summed E-state index contributed by atoms with van der Waals surface area (Å²) in [6.07, 6.45) is 0. The lowest BCUT2D eigenvalue weighted by Crippen LogP contribution is -2.01. The van der Waals surface area contributed by atoms with Gasteiger partial charge in [-0.15, -0.1) is 0 Å². The van der Waals surface area contributed by atoms with E-state index in [1.165, 1.54) is 10.9 Å². The lowest BCUT2D eigenvalue weighted by Gasteiger charge is -2.14. The van der Waals surface area contributed by atoms with Crippen molar-refractivity contribution in [3.63, 3.8) is 0 Å². The second-order valence-corrected chi connectivity index (χ2v) is 11.6. The first kappa shape index (κ1) is 27.0. The van der Waals surface area contributed by atoms with Crippen LogP contribution in [0.2, 0.25) is 0 Å². The predicted molar refractivity (Wildman–Crippen MR) is 192 cm³/mol. The van der Waals surface area contributed by atoms with Gasteiger partial charge in [0.15, 0.2) is 17.5 Å². The summed E-state index contributed by atoms with van der Waals surface area (Å²) < 4.78 is 6.37. The van der Waals surface area contributed by atoms with E-state index >= 15 is 0 Å². The number of hydrogen-bond acceptors (Lipinski definition) is 4. The molecular weight excluding hydrogens is 574 g/mol. The highest BCUT2D eigenvalue weighted by atomic mass is 16.3. The van der Waals surface area contributed by atoms with Crippen molar-refractivity contribution >= 4 is 32.7 Å². The monoisotopic (exact) mass is 601 g/mol. The quantitative estimate of drug-likeness (QED) is 0.197. The minimum Gasteiger partial charge on any atom is -0.456 e. The maximum absolute atomic E-state index is 6.37. The Morgan fingerprint density at radius 1 is 0.362 bits per heavy atom. The minimum atomic E-state index is 0.598. The molecule has 0 amide bonds. The van der Waals surface area contributed by atoms with Crippen molar-refractivity contribution in [3.05, 3.63) is 164 Å². The zero-order valence-electron chi connectivity index (χ0n) is 25.3. The fourth-order valence-electron chi connectivity index (χ4n) is 6.42. The Morgan fingerprint density at radius 3 is 1.72 bits per heavy atom. The Balaban J connectivity index is 1.32. The van der Waals surface area contributed by atoms with Crippen molar-refractivity contribution in [1.29, 1.82) is 0 Å². The van der Waals surface area contributed by atoms with E-state index in [1.54, 1.807) is 0 Å². The largest absolute Gasteiger partial charge is 0.456 e. The molecule has 0 atom stereocenters. The van der Waals surface area contributed by atoms with Crippen LogP contribution in [0.5, 0.6) is 0 Å². The van der Waals surface area contributed by atoms with Gasteiger partial charge in [-0.1, -0.05) is 140 Å². The Bertz CT molecular complexity index is 2550. The van der Waals surface area contributed by atoms with Crippen LogP contribution in [0, 0.1) is 0 Å². The van der Waals surface area contributed by atoms with E-state index in [0.29, 0.717) is 17.5 Å². The standard InChI is InChI=1S/C43H27N3O/c1-3-11-28(12-4-1)30-19-22-32(23-20-30)41-44-42(34-24-21-29-13-7-8-16-33(29)27-34)46-43(45-41)40-35(31-14-5-2-6-15-31)25-26-38-39(40)36-17-9-10-18-37(36)47-38/h1-27H. The van der Waals surface area contributed by atoms with Crippen molar-refractivity contribution in [2.45, 2.75) is 0 Å². The van der Waals surface area contributed by atoms with Crippen molar-refractivity contribution in [2.75, 3.05) is 0 Å². The Hall–Kier alpha value is -6.39. The molecule has 2 heterocycles. The molecule has 0 bridgehead atoms. The number of hydrogen-bond donors (Lipinski definition) is 0. The Kier molecular flexibility index (Phi) is 6.43. The van der Waals surface area contributed by atoms with Crippen LogP contribution in [0.3, 0.4) is 0 Å². The molecule has 0 spiro atoms. The maximum atomic E-state index is 6.37. The molecule has 4 nitrogen and oxygen atoms in total. The van der Waals surface area contributed by atoms with Crippen LogP contribution < -0.4 is 0 Å². The lowest BCUT2D eigenvalue weighted by molar-refractivity contribution is 0.669. The average Bonchev–Trinajstić information content (AvgIpc) is 3.54.